The summed E-state index contributed by atoms with van der Waals surface area (Å²) in [5, 5.41) is 5.47. The molecule has 0 radical (unpaired) electrons. The van der Waals surface area contributed by atoms with Crippen LogP contribution in [0.3, 0.4) is 0 Å². The Hall–Kier alpha value is -4.73. The second kappa shape index (κ2) is 11.6. The minimum absolute atomic E-state index is 0.152. The number of aromatic nitrogens is 1. The van der Waals surface area contributed by atoms with Crippen LogP contribution in [-0.4, -0.2) is 72.3 Å². The molecule has 3 aromatic rings. The predicted molar refractivity (Wildman–Crippen MR) is 156 cm³/mol. The van der Waals surface area contributed by atoms with E-state index >= 15 is 0 Å². The van der Waals surface area contributed by atoms with Gasteiger partial charge >= 0.3 is 6.03 Å². The fraction of sp³-hybridized carbons (Fsp3) is 0.300. The summed E-state index contributed by atoms with van der Waals surface area (Å²) in [6.45, 7) is 7.83. The van der Waals surface area contributed by atoms with Crippen LogP contribution in [0.4, 0.5) is 22.0 Å². The molecule has 5 rings (SSSR count). The molecule has 2 N–H and O–H groups in total. The summed E-state index contributed by atoms with van der Waals surface area (Å²) in [6, 6.07) is 18.3. The Labute approximate surface area is 233 Å². The van der Waals surface area contributed by atoms with E-state index in [1.807, 2.05) is 68.4 Å². The first-order valence-electron chi connectivity index (χ1n) is 13.3. The van der Waals surface area contributed by atoms with Gasteiger partial charge < -0.3 is 20.4 Å². The number of aliphatic imine (C=N–C) groups is 1. The van der Waals surface area contributed by atoms with E-state index in [0.29, 0.717) is 43.3 Å². The van der Waals surface area contributed by atoms with E-state index in [2.05, 4.69) is 25.5 Å². The largest absolute Gasteiger partial charge is 0.353 e. The summed E-state index contributed by atoms with van der Waals surface area (Å²) in [7, 11) is 0. The quantitative estimate of drug-likeness (QED) is 0.517. The van der Waals surface area contributed by atoms with Crippen molar-refractivity contribution in [2.24, 2.45) is 4.99 Å². The number of para-hydroxylation sites is 1. The van der Waals surface area contributed by atoms with Crippen molar-refractivity contribution in [2.75, 3.05) is 47.8 Å². The second-order valence-corrected chi connectivity index (χ2v) is 10.0. The summed E-state index contributed by atoms with van der Waals surface area (Å²) >= 11 is 0. The van der Waals surface area contributed by atoms with Crippen molar-refractivity contribution in [1.82, 2.24) is 15.2 Å². The minimum Gasteiger partial charge on any atom is -0.353 e. The molecule has 2 aliphatic heterocycles. The number of hydrogen-bond donors (Lipinski definition) is 2. The lowest BCUT2D eigenvalue weighted by Crippen LogP contribution is -2.54. The van der Waals surface area contributed by atoms with Gasteiger partial charge in [-0.05, 0) is 56.2 Å². The molecule has 1 aromatic heterocycles. The predicted octanol–water partition coefficient (Wildman–Crippen LogP) is 3.35. The van der Waals surface area contributed by atoms with E-state index in [1.165, 1.54) is 4.90 Å². The molecule has 0 aliphatic carbocycles. The van der Waals surface area contributed by atoms with Gasteiger partial charge in [-0.2, -0.15) is 0 Å². The second-order valence-electron chi connectivity index (χ2n) is 10.0. The molecule has 1 fully saturated rings. The number of anilines is 3. The van der Waals surface area contributed by atoms with E-state index in [-0.39, 0.29) is 12.5 Å². The number of aryl methyl sites for hydroxylation is 2. The standard InChI is InChI=1S/C30H33N7O3/c1-20-8-6-10-23(18-20)33-30(40)34-28-29(39)37(27-21(2)9-7-11-24(27)22(3)32-28)19-26(38)36-16-14-35(15-17-36)25-12-4-5-13-31-25/h4-13,18,28H,14-17,19H2,1-3H3,(H2,33,34,40)/t28-/m0/s1. The number of piperazine rings is 1. The van der Waals surface area contributed by atoms with Crippen LogP contribution in [0.2, 0.25) is 0 Å². The van der Waals surface area contributed by atoms with Gasteiger partial charge in [0.15, 0.2) is 0 Å². The molecule has 2 aromatic carbocycles. The van der Waals surface area contributed by atoms with Crippen LogP contribution in [-0.2, 0) is 9.59 Å². The van der Waals surface area contributed by atoms with Crippen molar-refractivity contribution < 1.29 is 14.4 Å². The number of nitrogens with zero attached hydrogens (tertiary/aromatic N) is 5. The number of hydrogen-bond acceptors (Lipinski definition) is 6. The monoisotopic (exact) mass is 539 g/mol. The maximum Gasteiger partial charge on any atom is 0.321 e. The summed E-state index contributed by atoms with van der Waals surface area (Å²) in [6.07, 6.45) is 0.568. The minimum atomic E-state index is -1.19. The Morgan fingerprint density at radius 1 is 0.950 bits per heavy atom. The van der Waals surface area contributed by atoms with Gasteiger partial charge in [0.25, 0.3) is 5.91 Å². The van der Waals surface area contributed by atoms with Crippen molar-refractivity contribution in [2.45, 2.75) is 26.9 Å². The molecule has 10 nitrogen and oxygen atoms in total. The molecule has 0 bridgehead atoms. The van der Waals surface area contributed by atoms with E-state index in [9.17, 15) is 14.4 Å². The van der Waals surface area contributed by atoms with E-state index in [4.69, 9.17) is 0 Å². The molecular formula is C30H33N7O3. The SMILES string of the molecule is CC1=N[C@@H](NC(=O)Nc2cccc(C)c2)C(=O)N(CC(=O)N2CCN(c3ccccn3)CC2)c2c(C)cccc21. The summed E-state index contributed by atoms with van der Waals surface area (Å²) in [5.41, 5.74) is 4.44. The fourth-order valence-electron chi connectivity index (χ4n) is 5.11. The van der Waals surface area contributed by atoms with Crippen LogP contribution in [0.15, 0.2) is 71.9 Å². The zero-order valence-corrected chi connectivity index (χ0v) is 22.9. The zero-order chi connectivity index (χ0) is 28.2. The van der Waals surface area contributed by atoms with Crippen LogP contribution in [0.25, 0.3) is 0 Å². The molecule has 2 aliphatic rings. The van der Waals surface area contributed by atoms with Crippen molar-refractivity contribution in [3.8, 4) is 0 Å². The molecule has 10 heteroatoms. The number of nitrogens with one attached hydrogen (secondary N) is 2. The van der Waals surface area contributed by atoms with Crippen molar-refractivity contribution >= 4 is 40.7 Å². The zero-order valence-electron chi connectivity index (χ0n) is 22.9. The van der Waals surface area contributed by atoms with Gasteiger partial charge in [0.05, 0.1) is 5.69 Å². The molecule has 3 heterocycles. The Morgan fingerprint density at radius 3 is 2.45 bits per heavy atom. The Kier molecular flexibility index (Phi) is 7.77. The summed E-state index contributed by atoms with van der Waals surface area (Å²) in [5.74, 6) is 0.255. The molecule has 206 valence electrons. The van der Waals surface area contributed by atoms with Crippen molar-refractivity contribution in [3.63, 3.8) is 0 Å². The van der Waals surface area contributed by atoms with Crippen molar-refractivity contribution in [3.05, 3.63) is 83.6 Å². The smallest absolute Gasteiger partial charge is 0.321 e. The molecule has 0 saturated carbocycles. The number of carbonyl (C=O) groups excluding carboxylic acids is 3. The van der Waals surface area contributed by atoms with Gasteiger partial charge in [-0.25, -0.2) is 9.78 Å². The third kappa shape index (κ3) is 5.80. The third-order valence-electron chi connectivity index (χ3n) is 7.16. The highest BCUT2D eigenvalue weighted by Gasteiger charge is 2.35. The number of carbonyl (C=O) groups is 3. The van der Waals surface area contributed by atoms with Crippen LogP contribution in [0.1, 0.15) is 23.6 Å². The molecule has 1 saturated heterocycles. The van der Waals surface area contributed by atoms with Gasteiger partial charge in [-0.3, -0.25) is 19.5 Å². The summed E-state index contributed by atoms with van der Waals surface area (Å²) in [4.78, 5) is 54.7. The molecule has 4 amide bonds. The molecule has 1 atom stereocenters. The molecule has 0 spiro atoms. The lowest BCUT2D eigenvalue weighted by atomic mass is 10.0. The highest BCUT2D eigenvalue weighted by Crippen LogP contribution is 2.29. The first kappa shape index (κ1) is 26.9. The lowest BCUT2D eigenvalue weighted by molar-refractivity contribution is -0.131. The van der Waals surface area contributed by atoms with E-state index in [0.717, 1.165) is 22.5 Å². The molecular weight excluding hydrogens is 506 g/mol. The van der Waals surface area contributed by atoms with E-state index in [1.54, 1.807) is 24.1 Å². The maximum atomic E-state index is 13.9. The topological polar surface area (TPSA) is 110 Å². The van der Waals surface area contributed by atoms with Gasteiger partial charge in [-0.15, -0.1) is 0 Å². The van der Waals surface area contributed by atoms with Gasteiger partial charge in [0.1, 0.15) is 12.4 Å². The van der Waals surface area contributed by atoms with Gasteiger partial charge in [0, 0.05) is 49.3 Å². The Morgan fingerprint density at radius 2 is 1.73 bits per heavy atom. The average molecular weight is 540 g/mol. The third-order valence-corrected chi connectivity index (χ3v) is 7.16. The highest BCUT2D eigenvalue weighted by atomic mass is 16.2. The van der Waals surface area contributed by atoms with Crippen LogP contribution >= 0.6 is 0 Å². The Balaban J connectivity index is 1.34. The average Bonchev–Trinajstić information content (AvgIpc) is 3.04. The maximum absolute atomic E-state index is 13.9. The number of benzodiazepines with no additional fused rings is 1. The van der Waals surface area contributed by atoms with Crippen LogP contribution in [0, 0.1) is 13.8 Å². The number of amides is 4. The molecule has 0 unspecified atom stereocenters. The number of fused-ring (bicyclic) bond motifs is 1. The highest BCUT2D eigenvalue weighted by molar-refractivity contribution is 6.14. The van der Waals surface area contributed by atoms with Crippen LogP contribution < -0.4 is 20.4 Å². The van der Waals surface area contributed by atoms with E-state index < -0.39 is 18.1 Å². The Bertz CT molecular complexity index is 1450. The van der Waals surface area contributed by atoms with Crippen molar-refractivity contribution in [1.29, 1.82) is 0 Å². The number of urea groups is 1. The number of benzene rings is 2. The normalized spacial score (nSPS) is 17.1. The number of pyridine rings is 1. The number of rotatable bonds is 5. The van der Waals surface area contributed by atoms with Gasteiger partial charge in [-0.1, -0.05) is 36.4 Å². The fourth-order valence-corrected chi connectivity index (χ4v) is 5.11. The first-order valence-corrected chi connectivity index (χ1v) is 13.3. The van der Waals surface area contributed by atoms with Crippen LogP contribution in [0.5, 0.6) is 0 Å². The summed E-state index contributed by atoms with van der Waals surface area (Å²) < 4.78 is 0. The van der Waals surface area contributed by atoms with Gasteiger partial charge in [0.2, 0.25) is 12.1 Å². The lowest BCUT2D eigenvalue weighted by Gasteiger charge is -2.36. The first-order chi connectivity index (χ1) is 19.3. The molecule has 40 heavy (non-hydrogen) atoms.